The zero-order chi connectivity index (χ0) is 13.4. The van der Waals surface area contributed by atoms with E-state index in [1.165, 1.54) is 11.3 Å². The molecule has 1 atom stereocenters. The number of carboxylic acids is 1. The molecule has 0 bridgehead atoms. The molecule has 1 N–H and O–H groups in total. The van der Waals surface area contributed by atoms with E-state index in [4.69, 9.17) is 5.11 Å². The highest BCUT2D eigenvalue weighted by molar-refractivity contribution is 7.16. The number of carbonyl (C=O) groups excluding carboxylic acids is 1. The average Bonchev–Trinajstić information content (AvgIpc) is 3.06. The number of fused-ring (bicyclic) bond motifs is 1. The Morgan fingerprint density at radius 3 is 3.00 bits per heavy atom. The van der Waals surface area contributed by atoms with Crippen LogP contribution in [0.4, 0.5) is 0 Å². The van der Waals surface area contributed by atoms with Crippen LogP contribution in [0.3, 0.4) is 0 Å². The van der Waals surface area contributed by atoms with Crippen LogP contribution in [-0.2, 0) is 4.79 Å². The van der Waals surface area contributed by atoms with Crippen molar-refractivity contribution in [2.45, 2.75) is 6.42 Å². The van der Waals surface area contributed by atoms with E-state index in [0.717, 1.165) is 10.2 Å². The second kappa shape index (κ2) is 4.62. The molecule has 6 heteroatoms. The number of rotatable bonds is 2. The summed E-state index contributed by atoms with van der Waals surface area (Å²) in [4.78, 5) is 29.0. The fourth-order valence-corrected chi connectivity index (χ4v) is 3.03. The van der Waals surface area contributed by atoms with Crippen LogP contribution in [0.15, 0.2) is 23.7 Å². The van der Waals surface area contributed by atoms with Crippen molar-refractivity contribution in [1.29, 1.82) is 0 Å². The van der Waals surface area contributed by atoms with E-state index in [2.05, 4.69) is 4.98 Å². The molecule has 2 heterocycles. The first-order chi connectivity index (χ1) is 9.15. The van der Waals surface area contributed by atoms with Crippen LogP contribution in [-0.4, -0.2) is 40.0 Å². The van der Waals surface area contributed by atoms with Crippen molar-refractivity contribution in [3.63, 3.8) is 0 Å². The molecule has 1 aromatic heterocycles. The maximum absolute atomic E-state index is 12.3. The van der Waals surface area contributed by atoms with Crippen LogP contribution in [0.5, 0.6) is 0 Å². The number of hydrogen-bond donors (Lipinski definition) is 1. The van der Waals surface area contributed by atoms with Gasteiger partial charge < -0.3 is 10.0 Å². The van der Waals surface area contributed by atoms with Crippen molar-refractivity contribution in [2.75, 3.05) is 13.1 Å². The van der Waals surface area contributed by atoms with Gasteiger partial charge in [0.1, 0.15) is 0 Å². The molecule has 1 saturated heterocycles. The quantitative estimate of drug-likeness (QED) is 0.908. The Morgan fingerprint density at radius 2 is 2.26 bits per heavy atom. The average molecular weight is 276 g/mol. The normalized spacial score (nSPS) is 18.9. The highest BCUT2D eigenvalue weighted by atomic mass is 32.1. The van der Waals surface area contributed by atoms with E-state index < -0.39 is 11.9 Å². The minimum Gasteiger partial charge on any atom is -0.481 e. The zero-order valence-electron chi connectivity index (χ0n) is 10.1. The summed E-state index contributed by atoms with van der Waals surface area (Å²) in [5, 5.41) is 8.95. The van der Waals surface area contributed by atoms with Gasteiger partial charge in [-0.15, -0.1) is 11.3 Å². The Bertz CT molecular complexity index is 652. The second-order valence-corrected chi connectivity index (χ2v) is 5.50. The number of hydrogen-bond acceptors (Lipinski definition) is 4. The first-order valence-electron chi connectivity index (χ1n) is 6.00. The third kappa shape index (κ3) is 2.19. The van der Waals surface area contributed by atoms with Gasteiger partial charge in [-0.25, -0.2) is 4.98 Å². The number of aromatic nitrogens is 1. The standard InChI is InChI=1S/C13H12N2O3S/c16-12(15-4-3-9(6-15)13(17)18)8-1-2-10-11(5-8)19-7-14-10/h1-2,5,7,9H,3-4,6H2,(H,17,18). The van der Waals surface area contributed by atoms with Gasteiger partial charge in [0, 0.05) is 18.7 Å². The molecule has 19 heavy (non-hydrogen) atoms. The lowest BCUT2D eigenvalue weighted by Crippen LogP contribution is -2.29. The second-order valence-electron chi connectivity index (χ2n) is 4.61. The van der Waals surface area contributed by atoms with E-state index in [-0.39, 0.29) is 5.91 Å². The summed E-state index contributed by atoms with van der Waals surface area (Å²) < 4.78 is 0.972. The van der Waals surface area contributed by atoms with E-state index in [9.17, 15) is 9.59 Å². The third-order valence-electron chi connectivity index (χ3n) is 3.40. The Kier molecular flexibility index (Phi) is 2.94. The molecule has 3 rings (SSSR count). The zero-order valence-corrected chi connectivity index (χ0v) is 10.9. The maximum Gasteiger partial charge on any atom is 0.308 e. The van der Waals surface area contributed by atoms with Crippen molar-refractivity contribution < 1.29 is 14.7 Å². The minimum atomic E-state index is -0.826. The highest BCUT2D eigenvalue weighted by Crippen LogP contribution is 2.23. The van der Waals surface area contributed by atoms with Gasteiger partial charge >= 0.3 is 5.97 Å². The number of carboxylic acid groups (broad SMARTS) is 1. The van der Waals surface area contributed by atoms with Crippen LogP contribution < -0.4 is 0 Å². The van der Waals surface area contributed by atoms with Gasteiger partial charge in [-0.2, -0.15) is 0 Å². The van der Waals surface area contributed by atoms with Gasteiger partial charge in [0.2, 0.25) is 0 Å². The lowest BCUT2D eigenvalue weighted by Gasteiger charge is -2.15. The number of thiazole rings is 1. The minimum absolute atomic E-state index is 0.0981. The van der Waals surface area contributed by atoms with Crippen LogP contribution in [0.25, 0.3) is 10.2 Å². The topological polar surface area (TPSA) is 70.5 Å². The van der Waals surface area contributed by atoms with E-state index in [1.54, 1.807) is 16.5 Å². The van der Waals surface area contributed by atoms with Crippen LogP contribution in [0, 0.1) is 5.92 Å². The van der Waals surface area contributed by atoms with Crippen molar-refractivity contribution in [1.82, 2.24) is 9.88 Å². The summed E-state index contributed by atoms with van der Waals surface area (Å²) >= 11 is 1.49. The number of likely N-dealkylation sites (tertiary alicyclic amines) is 1. The van der Waals surface area contributed by atoms with Crippen LogP contribution in [0.2, 0.25) is 0 Å². The number of carbonyl (C=O) groups is 2. The van der Waals surface area contributed by atoms with Gasteiger partial charge in [-0.3, -0.25) is 9.59 Å². The number of nitrogens with zero attached hydrogens (tertiary/aromatic N) is 2. The van der Waals surface area contributed by atoms with Crippen LogP contribution >= 0.6 is 11.3 Å². The first kappa shape index (κ1) is 12.1. The first-order valence-corrected chi connectivity index (χ1v) is 6.88. The van der Waals surface area contributed by atoms with Crippen molar-refractivity contribution in [2.24, 2.45) is 5.92 Å². The van der Waals surface area contributed by atoms with Gasteiger partial charge in [0.15, 0.2) is 0 Å². The van der Waals surface area contributed by atoms with Crippen molar-refractivity contribution in [3.8, 4) is 0 Å². The molecule has 0 aliphatic carbocycles. The molecular formula is C13H12N2O3S. The third-order valence-corrected chi connectivity index (χ3v) is 4.19. The Hall–Kier alpha value is -1.95. The predicted octanol–water partition coefficient (Wildman–Crippen LogP) is 1.84. The van der Waals surface area contributed by atoms with Crippen molar-refractivity contribution in [3.05, 3.63) is 29.3 Å². The summed E-state index contributed by atoms with van der Waals surface area (Å²) in [6.07, 6.45) is 0.532. The van der Waals surface area contributed by atoms with Crippen LogP contribution in [0.1, 0.15) is 16.8 Å². The Labute approximate surface area is 113 Å². The fraction of sp³-hybridized carbons (Fsp3) is 0.308. The van der Waals surface area contributed by atoms with Gasteiger partial charge in [-0.1, -0.05) is 0 Å². The SMILES string of the molecule is O=C(O)C1CCN(C(=O)c2ccc3ncsc3c2)C1. The molecule has 5 nitrogen and oxygen atoms in total. The van der Waals surface area contributed by atoms with Crippen molar-refractivity contribution >= 4 is 33.4 Å². The van der Waals surface area contributed by atoms with E-state index in [1.807, 2.05) is 12.1 Å². The molecule has 1 fully saturated rings. The molecule has 1 unspecified atom stereocenters. The largest absolute Gasteiger partial charge is 0.481 e. The predicted molar refractivity (Wildman–Crippen MR) is 71.3 cm³/mol. The Balaban J connectivity index is 1.82. The lowest BCUT2D eigenvalue weighted by atomic mass is 10.1. The summed E-state index contributed by atoms with van der Waals surface area (Å²) in [7, 11) is 0. The molecule has 1 aliphatic heterocycles. The number of aliphatic carboxylic acids is 1. The summed E-state index contributed by atoms with van der Waals surface area (Å²) in [5.74, 6) is -1.36. The molecular weight excluding hydrogens is 264 g/mol. The molecule has 1 amide bonds. The molecule has 98 valence electrons. The fourth-order valence-electron chi connectivity index (χ4n) is 2.32. The molecule has 1 aliphatic rings. The molecule has 0 spiro atoms. The molecule has 1 aromatic carbocycles. The number of benzene rings is 1. The summed E-state index contributed by atoms with van der Waals surface area (Å²) in [5.41, 5.74) is 3.23. The molecule has 2 aromatic rings. The van der Waals surface area contributed by atoms with E-state index >= 15 is 0 Å². The summed E-state index contributed by atoms with van der Waals surface area (Å²) in [6, 6.07) is 5.39. The van der Waals surface area contributed by atoms with Gasteiger partial charge in [0.25, 0.3) is 5.91 Å². The Morgan fingerprint density at radius 1 is 1.42 bits per heavy atom. The summed E-state index contributed by atoms with van der Waals surface area (Å²) in [6.45, 7) is 0.811. The maximum atomic E-state index is 12.3. The molecule has 0 radical (unpaired) electrons. The van der Waals surface area contributed by atoms with E-state index in [0.29, 0.717) is 25.1 Å². The smallest absolute Gasteiger partial charge is 0.308 e. The van der Waals surface area contributed by atoms with Gasteiger partial charge in [-0.05, 0) is 24.6 Å². The highest BCUT2D eigenvalue weighted by Gasteiger charge is 2.31. The molecule has 0 saturated carbocycles. The number of amides is 1. The van der Waals surface area contributed by atoms with Gasteiger partial charge in [0.05, 0.1) is 21.6 Å². The lowest BCUT2D eigenvalue weighted by molar-refractivity contribution is -0.141. The monoisotopic (exact) mass is 276 g/mol.